The lowest BCUT2D eigenvalue weighted by atomic mass is 9.82. The number of nitrogens with two attached hydrogens (primary N) is 1. The molecule has 3 aromatic heterocycles. The highest BCUT2D eigenvalue weighted by molar-refractivity contribution is 6.29. The summed E-state index contributed by atoms with van der Waals surface area (Å²) in [7, 11) is 0. The average molecular weight is 524 g/mol. The predicted octanol–water partition coefficient (Wildman–Crippen LogP) is 4.55. The van der Waals surface area contributed by atoms with Crippen LogP contribution in [-0.2, 0) is 18.1 Å². The third kappa shape index (κ3) is 4.12. The largest absolute Gasteiger partial charge is 0.419 e. The van der Waals surface area contributed by atoms with Crippen LogP contribution in [0.25, 0.3) is 11.3 Å². The average Bonchev–Trinajstić information content (AvgIpc) is 3.52. The molecule has 5 heterocycles. The van der Waals surface area contributed by atoms with Crippen LogP contribution < -0.4 is 11.1 Å². The number of aryl methyl sites for hydroxylation is 1. The molecule has 0 bridgehead atoms. The van der Waals surface area contributed by atoms with Gasteiger partial charge in [-0.3, -0.25) is 4.68 Å². The molecule has 13 heteroatoms. The van der Waals surface area contributed by atoms with Crippen LogP contribution in [0, 0.1) is 5.82 Å². The van der Waals surface area contributed by atoms with Crippen molar-refractivity contribution in [3.63, 3.8) is 0 Å². The zero-order chi connectivity index (χ0) is 25.8. The second-order valence-electron chi connectivity index (χ2n) is 9.17. The summed E-state index contributed by atoms with van der Waals surface area (Å²) in [6.45, 7) is 3.12. The maximum atomic E-state index is 14.3. The topological polar surface area (TPSA) is 102 Å². The van der Waals surface area contributed by atoms with Crippen LogP contribution in [0.4, 0.5) is 28.2 Å². The van der Waals surface area contributed by atoms with E-state index in [1.807, 2.05) is 0 Å². The molecule has 5 rings (SSSR count). The van der Waals surface area contributed by atoms with Gasteiger partial charge in [-0.05, 0) is 38.0 Å². The number of carbonyl (C=O) groups is 1. The van der Waals surface area contributed by atoms with Crippen molar-refractivity contribution in [3.05, 3.63) is 58.4 Å². The molecule has 3 aromatic rings. The van der Waals surface area contributed by atoms with Gasteiger partial charge in [-0.15, -0.1) is 0 Å². The van der Waals surface area contributed by atoms with E-state index in [1.165, 1.54) is 18.5 Å². The Labute approximate surface area is 208 Å². The molecule has 2 atom stereocenters. The number of urea groups is 1. The summed E-state index contributed by atoms with van der Waals surface area (Å²) in [5.41, 5.74) is 5.72. The molecular weight excluding hydrogens is 502 g/mol. The van der Waals surface area contributed by atoms with Gasteiger partial charge in [0, 0.05) is 54.3 Å². The maximum absolute atomic E-state index is 14.3. The third-order valence-corrected chi connectivity index (χ3v) is 7.23. The molecule has 2 amide bonds. The smallest absolute Gasteiger partial charge is 0.383 e. The number of carbonyl (C=O) groups excluding carboxylic acids is 1. The first-order valence-corrected chi connectivity index (χ1v) is 11.6. The lowest BCUT2D eigenvalue weighted by molar-refractivity contribution is -0.137. The number of hydrogen-bond donors (Lipinski definition) is 2. The third-order valence-electron chi connectivity index (χ3n) is 6.97. The fraction of sp³-hybridized carbons (Fsp3) is 0.391. The Morgan fingerprint density at radius 3 is 2.75 bits per heavy atom. The molecule has 1 saturated heterocycles. The van der Waals surface area contributed by atoms with E-state index >= 15 is 0 Å². The minimum atomic E-state index is -4.63. The summed E-state index contributed by atoms with van der Waals surface area (Å²) in [4.78, 5) is 22.0. The van der Waals surface area contributed by atoms with Gasteiger partial charge in [0.25, 0.3) is 0 Å². The lowest BCUT2D eigenvalue weighted by Gasteiger charge is -2.25. The van der Waals surface area contributed by atoms with Gasteiger partial charge in [0.1, 0.15) is 5.82 Å². The van der Waals surface area contributed by atoms with Gasteiger partial charge in [0.15, 0.2) is 11.0 Å². The van der Waals surface area contributed by atoms with Gasteiger partial charge < -0.3 is 16.0 Å². The highest BCUT2D eigenvalue weighted by atomic mass is 35.5. The molecule has 36 heavy (non-hydrogen) atoms. The molecule has 190 valence electrons. The van der Waals surface area contributed by atoms with E-state index in [2.05, 4.69) is 20.4 Å². The van der Waals surface area contributed by atoms with Crippen LogP contribution in [-0.4, -0.2) is 43.8 Å². The lowest BCUT2D eigenvalue weighted by Crippen LogP contribution is -2.41. The number of rotatable bonds is 3. The van der Waals surface area contributed by atoms with Crippen molar-refractivity contribution < 1.29 is 22.4 Å². The molecule has 0 saturated carbocycles. The van der Waals surface area contributed by atoms with Gasteiger partial charge in [-0.25, -0.2) is 19.2 Å². The first-order chi connectivity index (χ1) is 17.0. The molecule has 1 unspecified atom stereocenters. The number of pyridine rings is 2. The Morgan fingerprint density at radius 2 is 2.00 bits per heavy atom. The highest BCUT2D eigenvalue weighted by Gasteiger charge is 2.47. The second kappa shape index (κ2) is 8.61. The second-order valence-corrected chi connectivity index (χ2v) is 9.53. The van der Waals surface area contributed by atoms with E-state index in [0.717, 1.165) is 18.2 Å². The zero-order valence-electron chi connectivity index (χ0n) is 19.1. The number of alkyl halides is 3. The Balaban J connectivity index is 1.34. The summed E-state index contributed by atoms with van der Waals surface area (Å²) in [5.74, 6) is -1.27. The molecule has 3 N–H and O–H groups in total. The fourth-order valence-corrected chi connectivity index (χ4v) is 5.19. The molecule has 0 aromatic carbocycles. The molecule has 2 aliphatic heterocycles. The normalized spacial score (nSPS) is 20.1. The maximum Gasteiger partial charge on any atom is 0.419 e. The fourth-order valence-electron chi connectivity index (χ4n) is 5.03. The Hall–Kier alpha value is -3.41. The molecule has 2 aliphatic rings. The predicted molar refractivity (Wildman–Crippen MR) is 124 cm³/mol. The van der Waals surface area contributed by atoms with Crippen molar-refractivity contribution in [2.24, 2.45) is 0 Å². The SMILES string of the molecule is CC(NC(=O)N1CC[C@@]2(CCn3nc(-c4cnc(N)c(C(F)(F)F)c4)cc32)C1)c1ccnc(Cl)c1F. The van der Waals surface area contributed by atoms with Crippen molar-refractivity contribution in [1.82, 2.24) is 30.0 Å². The van der Waals surface area contributed by atoms with Crippen LogP contribution in [0.1, 0.15) is 42.6 Å². The zero-order valence-corrected chi connectivity index (χ0v) is 19.9. The number of likely N-dealkylation sites (tertiary alicyclic amines) is 1. The number of anilines is 1. The van der Waals surface area contributed by atoms with Crippen LogP contribution in [0.2, 0.25) is 5.15 Å². The van der Waals surface area contributed by atoms with Crippen LogP contribution in [0.5, 0.6) is 0 Å². The molecular formula is C23H22ClF4N7O. The van der Waals surface area contributed by atoms with E-state index < -0.39 is 29.4 Å². The van der Waals surface area contributed by atoms with E-state index in [1.54, 1.807) is 22.6 Å². The summed E-state index contributed by atoms with van der Waals surface area (Å²) >= 11 is 5.75. The quantitative estimate of drug-likeness (QED) is 0.387. The molecule has 8 nitrogen and oxygen atoms in total. The Morgan fingerprint density at radius 1 is 1.25 bits per heavy atom. The highest BCUT2D eigenvalue weighted by Crippen LogP contribution is 2.44. The minimum absolute atomic E-state index is 0.216. The van der Waals surface area contributed by atoms with Crippen LogP contribution >= 0.6 is 11.6 Å². The van der Waals surface area contributed by atoms with Gasteiger partial charge in [0.05, 0.1) is 17.3 Å². The van der Waals surface area contributed by atoms with E-state index in [-0.39, 0.29) is 27.7 Å². The summed E-state index contributed by atoms with van der Waals surface area (Å²) in [5, 5.41) is 7.04. The van der Waals surface area contributed by atoms with Crippen molar-refractivity contribution in [2.45, 2.75) is 43.9 Å². The summed E-state index contributed by atoms with van der Waals surface area (Å²) in [6.07, 6.45) is -0.562. The standard InChI is InChI=1S/C23H22ClF4N7O/c1-12(14-2-5-30-19(24)18(14)25)32-21(36)34-6-3-22(11-34)4-7-35-17(22)9-16(33-35)13-8-15(23(26,27)28)20(29)31-10-13/h2,5,8-10,12H,3-4,6-7,11H2,1H3,(H2,29,31)(H,32,36)/t12?,22-/m1/s1. The van der Waals surface area contributed by atoms with Crippen molar-refractivity contribution in [1.29, 1.82) is 0 Å². The number of nitrogens with zero attached hydrogens (tertiary/aromatic N) is 5. The Bertz CT molecular complexity index is 1340. The van der Waals surface area contributed by atoms with Crippen molar-refractivity contribution >= 4 is 23.4 Å². The van der Waals surface area contributed by atoms with Crippen LogP contribution in [0.3, 0.4) is 0 Å². The van der Waals surface area contributed by atoms with Crippen molar-refractivity contribution in [2.75, 3.05) is 18.8 Å². The monoisotopic (exact) mass is 523 g/mol. The van der Waals surface area contributed by atoms with Gasteiger partial charge >= 0.3 is 12.2 Å². The van der Waals surface area contributed by atoms with Crippen molar-refractivity contribution in [3.8, 4) is 11.3 Å². The number of hydrogen-bond acceptors (Lipinski definition) is 5. The number of amides is 2. The van der Waals surface area contributed by atoms with Crippen LogP contribution in [0.15, 0.2) is 30.6 Å². The molecule has 0 aliphatic carbocycles. The van der Waals surface area contributed by atoms with Gasteiger partial charge in [-0.2, -0.15) is 18.3 Å². The summed E-state index contributed by atoms with van der Waals surface area (Å²) in [6, 6.07) is 3.20. The number of aromatic nitrogens is 4. The summed E-state index contributed by atoms with van der Waals surface area (Å²) < 4.78 is 55.9. The van der Waals surface area contributed by atoms with E-state index in [9.17, 15) is 22.4 Å². The Kier molecular flexibility index (Phi) is 5.81. The first kappa shape index (κ1) is 24.3. The molecule has 0 radical (unpaired) electrons. The van der Waals surface area contributed by atoms with Gasteiger partial charge in [0.2, 0.25) is 0 Å². The minimum Gasteiger partial charge on any atom is -0.383 e. The van der Waals surface area contributed by atoms with Gasteiger partial charge in [-0.1, -0.05) is 11.6 Å². The first-order valence-electron chi connectivity index (χ1n) is 11.3. The van der Waals surface area contributed by atoms with E-state index in [4.69, 9.17) is 17.3 Å². The number of halogens is 5. The number of nitrogens with one attached hydrogen (secondary N) is 1. The number of nitrogen functional groups attached to an aromatic ring is 1. The molecule has 1 spiro atoms. The number of fused-ring (bicyclic) bond motifs is 2. The van der Waals surface area contributed by atoms with E-state index in [0.29, 0.717) is 31.7 Å². The molecule has 1 fully saturated rings.